The largest absolute Gasteiger partial charge is 0.481 e. The Morgan fingerprint density at radius 3 is 2.49 bits per heavy atom. The molecule has 0 amide bonds. The standard InChI is InChI=1S/C41H42Cl2N4O6/c1-51-37-24(19-44-18-23-9-11-27(48)15-23)10-13-34(45-37)32-8-4-7-31(36(32)43)28-5-3-6-30-29(28)12-14-35(30)53-39-33(42)16-25(38(46-39)52-2)20-47-21-26-17-41(26,22-47)40(49)50/h3-8,10,13,16,23,26,35,44H,9,11-12,14-15,17-22H2,1-2H3,(H,49,50)/t23-,26?,35+,41?/m1/s1. The Bertz CT molecular complexity index is 2090. The Kier molecular flexibility index (Phi) is 9.82. The molecule has 2 unspecified atom stereocenters. The molecule has 4 aromatic rings. The molecule has 2 N–H and O–H groups in total. The topological polar surface area (TPSA) is 123 Å². The zero-order chi connectivity index (χ0) is 36.9. The highest BCUT2D eigenvalue weighted by Crippen LogP contribution is 2.58. The molecule has 2 saturated carbocycles. The first-order valence-corrected chi connectivity index (χ1v) is 19.0. The average molecular weight is 758 g/mol. The first-order valence-electron chi connectivity index (χ1n) is 18.2. The van der Waals surface area contributed by atoms with Gasteiger partial charge in [-0.1, -0.05) is 65.7 Å². The van der Waals surface area contributed by atoms with Gasteiger partial charge in [-0.2, -0.15) is 4.98 Å². The zero-order valence-electron chi connectivity index (χ0n) is 29.8. The van der Waals surface area contributed by atoms with Gasteiger partial charge in [-0.15, -0.1) is 0 Å². The maximum atomic E-state index is 11.8. The van der Waals surface area contributed by atoms with Crippen molar-refractivity contribution in [3.05, 3.63) is 86.9 Å². The minimum atomic E-state index is -0.713. The summed E-state index contributed by atoms with van der Waals surface area (Å²) in [5.41, 5.74) is 6.81. The van der Waals surface area contributed by atoms with E-state index in [1.54, 1.807) is 14.2 Å². The van der Waals surface area contributed by atoms with Crippen molar-refractivity contribution in [2.75, 3.05) is 33.9 Å². The molecule has 8 rings (SSSR count). The number of carboxylic acid groups (broad SMARTS) is 1. The van der Waals surface area contributed by atoms with Gasteiger partial charge < -0.3 is 24.6 Å². The third kappa shape index (κ3) is 6.86. The molecule has 1 saturated heterocycles. The lowest BCUT2D eigenvalue weighted by atomic mass is 9.94. The number of piperidine rings is 1. The molecule has 0 spiro atoms. The van der Waals surface area contributed by atoms with Crippen LogP contribution in [0.15, 0.2) is 54.6 Å². The van der Waals surface area contributed by atoms with E-state index in [2.05, 4.69) is 27.3 Å². The number of nitrogens with zero attached hydrogens (tertiary/aromatic N) is 3. The van der Waals surface area contributed by atoms with Crippen molar-refractivity contribution in [2.45, 2.75) is 57.7 Å². The molecular weight excluding hydrogens is 715 g/mol. The van der Waals surface area contributed by atoms with Crippen molar-refractivity contribution < 1.29 is 28.9 Å². The number of methoxy groups -OCH3 is 2. The van der Waals surface area contributed by atoms with Crippen LogP contribution in [0.3, 0.4) is 0 Å². The number of rotatable bonds is 13. The van der Waals surface area contributed by atoms with Gasteiger partial charge in [0.25, 0.3) is 0 Å². The predicted octanol–water partition coefficient (Wildman–Crippen LogP) is 7.57. The van der Waals surface area contributed by atoms with E-state index in [0.717, 1.165) is 77.7 Å². The van der Waals surface area contributed by atoms with Crippen LogP contribution in [0, 0.1) is 17.3 Å². The van der Waals surface area contributed by atoms with Gasteiger partial charge in [0.15, 0.2) is 0 Å². The summed E-state index contributed by atoms with van der Waals surface area (Å²) in [5.74, 6) is 1.48. The number of carbonyl (C=O) groups is 2. The number of aromatic nitrogens is 2. The Hall–Kier alpha value is -4.22. The second-order valence-electron chi connectivity index (χ2n) is 14.8. The number of likely N-dealkylation sites (tertiary alicyclic amines) is 1. The van der Waals surface area contributed by atoms with Crippen LogP contribution < -0.4 is 19.5 Å². The number of nitrogens with one attached hydrogen (secondary N) is 1. The summed E-state index contributed by atoms with van der Waals surface area (Å²) in [5, 5.41) is 14.1. The number of carbonyl (C=O) groups excluding carboxylic acids is 1. The molecule has 2 aromatic heterocycles. The van der Waals surface area contributed by atoms with Crippen molar-refractivity contribution in [3.8, 4) is 40.0 Å². The minimum Gasteiger partial charge on any atom is -0.481 e. The predicted molar refractivity (Wildman–Crippen MR) is 202 cm³/mol. The van der Waals surface area contributed by atoms with Crippen molar-refractivity contribution in [2.24, 2.45) is 17.3 Å². The summed E-state index contributed by atoms with van der Waals surface area (Å²) >= 11 is 14.0. The maximum absolute atomic E-state index is 11.8. The van der Waals surface area contributed by atoms with Gasteiger partial charge in [0.2, 0.25) is 17.6 Å². The molecular formula is C41H42Cl2N4O6. The zero-order valence-corrected chi connectivity index (χ0v) is 31.3. The van der Waals surface area contributed by atoms with Crippen molar-refractivity contribution >= 4 is 35.0 Å². The van der Waals surface area contributed by atoms with E-state index in [9.17, 15) is 14.7 Å². The van der Waals surface area contributed by atoms with Crippen LogP contribution in [0.25, 0.3) is 22.4 Å². The highest BCUT2D eigenvalue weighted by molar-refractivity contribution is 6.36. The molecule has 3 aliphatic carbocycles. The number of ether oxygens (including phenoxy) is 3. The van der Waals surface area contributed by atoms with Crippen LogP contribution in [0.2, 0.25) is 10.0 Å². The second-order valence-corrected chi connectivity index (χ2v) is 15.6. The molecule has 4 aliphatic rings. The van der Waals surface area contributed by atoms with Crippen LogP contribution in [0.1, 0.15) is 60.5 Å². The summed E-state index contributed by atoms with van der Waals surface area (Å²) in [6.07, 6.45) is 4.29. The van der Waals surface area contributed by atoms with Gasteiger partial charge in [0, 0.05) is 61.3 Å². The average Bonchev–Trinajstić information content (AvgIpc) is 3.43. The second kappa shape index (κ2) is 14.5. The van der Waals surface area contributed by atoms with Crippen LogP contribution in [-0.4, -0.2) is 65.6 Å². The maximum Gasteiger partial charge on any atom is 0.311 e. The molecule has 2 aromatic carbocycles. The molecule has 53 heavy (non-hydrogen) atoms. The van der Waals surface area contributed by atoms with Gasteiger partial charge in [-0.05, 0) is 72.9 Å². The molecule has 3 fully saturated rings. The lowest BCUT2D eigenvalue weighted by Crippen LogP contribution is -2.28. The summed E-state index contributed by atoms with van der Waals surface area (Å²) in [6.45, 7) is 3.14. The number of carboxylic acids is 1. The summed E-state index contributed by atoms with van der Waals surface area (Å²) in [7, 11) is 3.19. The lowest BCUT2D eigenvalue weighted by molar-refractivity contribution is -0.143. The van der Waals surface area contributed by atoms with E-state index in [1.165, 1.54) is 0 Å². The number of hydrogen-bond acceptors (Lipinski definition) is 9. The Balaban J connectivity index is 0.989. The Morgan fingerprint density at radius 1 is 0.962 bits per heavy atom. The van der Waals surface area contributed by atoms with E-state index < -0.39 is 11.4 Å². The van der Waals surface area contributed by atoms with Gasteiger partial charge in [-0.3, -0.25) is 14.5 Å². The number of Topliss-reactive ketones (excluding diaryl/α,β-unsaturated/α-hetero) is 1. The Morgan fingerprint density at radius 2 is 1.74 bits per heavy atom. The Labute approximate surface area is 318 Å². The highest BCUT2D eigenvalue weighted by atomic mass is 35.5. The number of aliphatic carboxylic acids is 1. The number of halogens is 2. The van der Waals surface area contributed by atoms with Crippen molar-refractivity contribution in [1.82, 2.24) is 20.2 Å². The number of fused-ring (bicyclic) bond motifs is 2. The van der Waals surface area contributed by atoms with Crippen LogP contribution in [-0.2, 0) is 29.1 Å². The van der Waals surface area contributed by atoms with Crippen molar-refractivity contribution in [3.63, 3.8) is 0 Å². The van der Waals surface area contributed by atoms with Gasteiger partial charge in [0.1, 0.15) is 16.9 Å². The third-order valence-electron chi connectivity index (χ3n) is 11.5. The fourth-order valence-corrected chi connectivity index (χ4v) is 9.16. The normalized spacial score (nSPS) is 23.2. The van der Waals surface area contributed by atoms with Gasteiger partial charge in [0.05, 0.1) is 30.4 Å². The minimum absolute atomic E-state index is 0.197. The summed E-state index contributed by atoms with van der Waals surface area (Å²) in [6, 6.07) is 18.0. The van der Waals surface area contributed by atoms with Crippen LogP contribution in [0.5, 0.6) is 17.6 Å². The molecule has 0 radical (unpaired) electrons. The van der Waals surface area contributed by atoms with E-state index in [4.69, 9.17) is 42.4 Å². The molecule has 4 atom stereocenters. The number of hydrogen-bond donors (Lipinski definition) is 2. The SMILES string of the molecule is COc1nc(-c2cccc(-c3cccc4c3CC[C@@H]4Oc3nc(OC)c(CN4CC5CC5(C(=O)O)C4)cc3Cl)c2Cl)ccc1CNC[C@@H]1CCC(=O)C1. The molecule has 12 heteroatoms. The van der Waals surface area contributed by atoms with E-state index >= 15 is 0 Å². The van der Waals surface area contributed by atoms with Crippen LogP contribution in [0.4, 0.5) is 0 Å². The summed E-state index contributed by atoms with van der Waals surface area (Å²) < 4.78 is 17.8. The molecule has 10 nitrogen and oxygen atoms in total. The molecule has 1 aliphatic heterocycles. The number of benzene rings is 2. The molecule has 0 bridgehead atoms. The number of pyridine rings is 2. The molecule has 3 heterocycles. The molecule has 276 valence electrons. The van der Waals surface area contributed by atoms with Crippen LogP contribution >= 0.6 is 23.2 Å². The van der Waals surface area contributed by atoms with E-state index in [0.29, 0.717) is 77.6 Å². The first kappa shape index (κ1) is 35.8. The number of ketones is 1. The summed E-state index contributed by atoms with van der Waals surface area (Å²) in [4.78, 5) is 35.1. The van der Waals surface area contributed by atoms with E-state index in [1.807, 2.05) is 42.5 Å². The lowest BCUT2D eigenvalue weighted by Gasteiger charge is -2.21. The monoisotopic (exact) mass is 756 g/mol. The van der Waals surface area contributed by atoms with Gasteiger partial charge >= 0.3 is 5.97 Å². The highest BCUT2D eigenvalue weighted by Gasteiger charge is 2.65. The quantitative estimate of drug-likeness (QED) is 0.141. The smallest absolute Gasteiger partial charge is 0.311 e. The van der Waals surface area contributed by atoms with Crippen molar-refractivity contribution in [1.29, 1.82) is 0 Å². The third-order valence-corrected chi connectivity index (χ3v) is 12.2. The van der Waals surface area contributed by atoms with Gasteiger partial charge in [-0.25, -0.2) is 4.98 Å². The fraction of sp³-hybridized carbons (Fsp3) is 0.415. The first-order chi connectivity index (χ1) is 25.7. The fourth-order valence-electron chi connectivity index (χ4n) is 8.62. The van der Waals surface area contributed by atoms with E-state index in [-0.39, 0.29) is 12.0 Å².